The highest BCUT2D eigenvalue weighted by atomic mass is 14.4. The Bertz CT molecular complexity index is 515. The van der Waals surface area contributed by atoms with Crippen LogP contribution in [0, 0.1) is 11.3 Å². The first-order chi connectivity index (χ1) is 8.18. The van der Waals surface area contributed by atoms with Gasteiger partial charge in [0.1, 0.15) is 0 Å². The molecule has 2 aliphatic rings. The first-order valence-electron chi connectivity index (χ1n) is 6.32. The van der Waals surface area contributed by atoms with Gasteiger partial charge in [-0.25, -0.2) is 0 Å². The Labute approximate surface area is 103 Å². The Morgan fingerprint density at radius 1 is 1.06 bits per heavy atom. The van der Waals surface area contributed by atoms with Crippen LogP contribution in [0.25, 0.3) is 6.08 Å². The van der Waals surface area contributed by atoms with Gasteiger partial charge in [0.05, 0.1) is 0 Å². The molecule has 0 amide bonds. The van der Waals surface area contributed by atoms with Gasteiger partial charge in [0, 0.05) is 5.92 Å². The van der Waals surface area contributed by atoms with Gasteiger partial charge in [-0.1, -0.05) is 74.1 Å². The minimum absolute atomic E-state index is 0.225. The van der Waals surface area contributed by atoms with Gasteiger partial charge < -0.3 is 0 Å². The fraction of sp³-hybridized carbons (Fsp3) is 0.294. The molecule has 0 fully saturated rings. The molecule has 0 unspecified atom stereocenters. The standard InChI is InChI=1S/C17H18/c1-17(2,15-9-5-6-10-15)16-11-13-7-3-4-8-14(13)12-16/h3-11,15H,12H2,1-2H3. The number of benzene rings is 1. The normalized spacial score (nSPS) is 18.6. The van der Waals surface area contributed by atoms with Gasteiger partial charge in [0.25, 0.3) is 0 Å². The SMILES string of the molecule is CC(C)(C1=Cc2ccccc2C1)C1C=CC=C1. The van der Waals surface area contributed by atoms with E-state index in [9.17, 15) is 0 Å². The van der Waals surface area contributed by atoms with Gasteiger partial charge in [0.2, 0.25) is 0 Å². The second kappa shape index (κ2) is 3.73. The second-order valence-electron chi connectivity index (χ2n) is 5.56. The van der Waals surface area contributed by atoms with Gasteiger partial charge in [0.15, 0.2) is 0 Å². The monoisotopic (exact) mass is 222 g/mol. The van der Waals surface area contributed by atoms with Gasteiger partial charge in [-0.15, -0.1) is 0 Å². The van der Waals surface area contributed by atoms with Crippen LogP contribution >= 0.6 is 0 Å². The van der Waals surface area contributed by atoms with Crippen molar-refractivity contribution in [1.82, 2.24) is 0 Å². The highest BCUT2D eigenvalue weighted by Gasteiger charge is 2.33. The van der Waals surface area contributed by atoms with Crippen LogP contribution in [0.4, 0.5) is 0 Å². The summed E-state index contributed by atoms with van der Waals surface area (Å²) in [6.07, 6.45) is 12.4. The van der Waals surface area contributed by atoms with Crippen molar-refractivity contribution in [3.8, 4) is 0 Å². The third kappa shape index (κ3) is 1.68. The summed E-state index contributed by atoms with van der Waals surface area (Å²) >= 11 is 0. The Kier molecular flexibility index (Phi) is 2.32. The lowest BCUT2D eigenvalue weighted by Crippen LogP contribution is -2.22. The summed E-state index contributed by atoms with van der Waals surface area (Å²) < 4.78 is 0. The zero-order valence-electron chi connectivity index (χ0n) is 10.5. The predicted molar refractivity (Wildman–Crippen MR) is 73.7 cm³/mol. The van der Waals surface area contributed by atoms with Crippen LogP contribution in [-0.2, 0) is 6.42 Å². The molecule has 1 aromatic carbocycles. The van der Waals surface area contributed by atoms with E-state index in [2.05, 4.69) is 68.5 Å². The van der Waals surface area contributed by atoms with Crippen LogP contribution in [-0.4, -0.2) is 0 Å². The molecule has 1 aromatic rings. The third-order valence-electron chi connectivity index (χ3n) is 4.17. The first-order valence-corrected chi connectivity index (χ1v) is 6.32. The van der Waals surface area contributed by atoms with Gasteiger partial charge in [-0.05, 0) is 23.0 Å². The van der Waals surface area contributed by atoms with Crippen molar-refractivity contribution in [3.63, 3.8) is 0 Å². The molecular weight excluding hydrogens is 204 g/mol. The van der Waals surface area contributed by atoms with Crippen LogP contribution in [0.5, 0.6) is 0 Å². The zero-order chi connectivity index (χ0) is 11.9. The summed E-state index contributed by atoms with van der Waals surface area (Å²) in [6, 6.07) is 8.73. The largest absolute Gasteiger partial charge is 0.0768 e. The summed E-state index contributed by atoms with van der Waals surface area (Å²) in [7, 11) is 0. The van der Waals surface area contributed by atoms with Gasteiger partial charge in [-0.3, -0.25) is 0 Å². The van der Waals surface area contributed by atoms with Crippen molar-refractivity contribution in [2.45, 2.75) is 20.3 Å². The van der Waals surface area contributed by atoms with Crippen LogP contribution in [0.1, 0.15) is 25.0 Å². The van der Waals surface area contributed by atoms with Crippen LogP contribution in [0.3, 0.4) is 0 Å². The molecule has 0 spiro atoms. The maximum atomic E-state index is 2.38. The first kappa shape index (κ1) is 10.6. The molecule has 0 heteroatoms. The van der Waals surface area contributed by atoms with E-state index in [4.69, 9.17) is 0 Å². The molecule has 0 atom stereocenters. The minimum atomic E-state index is 0.225. The minimum Gasteiger partial charge on any atom is -0.0768 e. The van der Waals surface area contributed by atoms with Crippen molar-refractivity contribution in [1.29, 1.82) is 0 Å². The number of rotatable bonds is 2. The molecule has 0 saturated heterocycles. The molecule has 86 valence electrons. The number of hydrogen-bond donors (Lipinski definition) is 0. The molecule has 0 N–H and O–H groups in total. The number of allylic oxidation sites excluding steroid dienone is 5. The van der Waals surface area contributed by atoms with Crippen LogP contribution in [0.15, 0.2) is 54.1 Å². The van der Waals surface area contributed by atoms with E-state index < -0.39 is 0 Å². The highest BCUT2D eigenvalue weighted by Crippen LogP contribution is 2.43. The third-order valence-corrected chi connectivity index (χ3v) is 4.17. The summed E-state index contributed by atoms with van der Waals surface area (Å²) in [5.41, 5.74) is 4.66. The molecule has 3 rings (SSSR count). The summed E-state index contributed by atoms with van der Waals surface area (Å²) in [4.78, 5) is 0. The molecule has 0 aliphatic heterocycles. The Balaban J connectivity index is 1.93. The molecule has 17 heavy (non-hydrogen) atoms. The van der Waals surface area contributed by atoms with E-state index in [0.717, 1.165) is 6.42 Å². The van der Waals surface area contributed by atoms with Crippen LogP contribution < -0.4 is 0 Å². The maximum Gasteiger partial charge on any atom is 0.00415 e. The van der Waals surface area contributed by atoms with E-state index >= 15 is 0 Å². The molecular formula is C17H18. The zero-order valence-corrected chi connectivity index (χ0v) is 10.5. The lowest BCUT2D eigenvalue weighted by Gasteiger charge is -2.31. The molecule has 2 aliphatic carbocycles. The summed E-state index contributed by atoms with van der Waals surface area (Å²) in [5.74, 6) is 0.545. The summed E-state index contributed by atoms with van der Waals surface area (Å²) in [6.45, 7) is 4.71. The molecule has 0 saturated carbocycles. The summed E-state index contributed by atoms with van der Waals surface area (Å²) in [5, 5.41) is 0. The van der Waals surface area contributed by atoms with E-state index in [0.29, 0.717) is 5.92 Å². The topological polar surface area (TPSA) is 0 Å². The number of hydrogen-bond acceptors (Lipinski definition) is 0. The highest BCUT2D eigenvalue weighted by molar-refractivity contribution is 5.65. The lowest BCUT2D eigenvalue weighted by molar-refractivity contribution is 0.373. The number of fused-ring (bicyclic) bond motifs is 1. The average Bonchev–Trinajstić information content (AvgIpc) is 2.98. The van der Waals surface area contributed by atoms with E-state index in [1.54, 1.807) is 5.57 Å². The fourth-order valence-corrected chi connectivity index (χ4v) is 2.82. The van der Waals surface area contributed by atoms with Gasteiger partial charge >= 0.3 is 0 Å². The van der Waals surface area contributed by atoms with Crippen molar-refractivity contribution in [2.24, 2.45) is 11.3 Å². The molecule has 0 bridgehead atoms. The van der Waals surface area contributed by atoms with E-state index in [-0.39, 0.29) is 5.41 Å². The van der Waals surface area contributed by atoms with Crippen molar-refractivity contribution in [2.75, 3.05) is 0 Å². The Hall–Kier alpha value is -1.56. The van der Waals surface area contributed by atoms with E-state index in [1.807, 2.05) is 0 Å². The van der Waals surface area contributed by atoms with Crippen molar-refractivity contribution in [3.05, 3.63) is 65.3 Å². The lowest BCUT2D eigenvalue weighted by atomic mass is 9.73. The molecule has 0 radical (unpaired) electrons. The Morgan fingerprint density at radius 2 is 1.76 bits per heavy atom. The maximum absolute atomic E-state index is 2.38. The second-order valence-corrected chi connectivity index (χ2v) is 5.56. The molecule has 0 aromatic heterocycles. The van der Waals surface area contributed by atoms with Crippen molar-refractivity contribution < 1.29 is 0 Å². The molecule has 0 heterocycles. The smallest absolute Gasteiger partial charge is 0.00415 e. The Morgan fingerprint density at radius 3 is 2.47 bits per heavy atom. The molecule has 0 nitrogen and oxygen atoms in total. The van der Waals surface area contributed by atoms with Crippen molar-refractivity contribution >= 4 is 6.08 Å². The van der Waals surface area contributed by atoms with Crippen LogP contribution in [0.2, 0.25) is 0 Å². The van der Waals surface area contributed by atoms with Gasteiger partial charge in [-0.2, -0.15) is 0 Å². The predicted octanol–water partition coefficient (Wildman–Crippen LogP) is 4.39. The average molecular weight is 222 g/mol. The fourth-order valence-electron chi connectivity index (χ4n) is 2.82. The quantitative estimate of drug-likeness (QED) is 0.696. The van der Waals surface area contributed by atoms with E-state index in [1.165, 1.54) is 11.1 Å².